The molecule has 0 N–H and O–H groups in total. The van der Waals surface area contributed by atoms with Crippen LogP contribution in [0, 0.1) is 5.41 Å². The molecule has 25 heavy (non-hydrogen) atoms. The van der Waals surface area contributed by atoms with Gasteiger partial charge in [0.15, 0.2) is 0 Å². The number of ether oxygens (including phenoxy) is 2. The number of methoxy groups -OCH3 is 1. The van der Waals surface area contributed by atoms with E-state index in [0.29, 0.717) is 6.42 Å². The topological polar surface area (TPSA) is 71.1 Å². The van der Waals surface area contributed by atoms with Gasteiger partial charge < -0.3 is 9.47 Å². The van der Waals surface area contributed by atoms with Crippen LogP contribution in [0.2, 0.25) is 0 Å². The van der Waals surface area contributed by atoms with E-state index in [1.54, 1.807) is 6.92 Å². The Morgan fingerprint density at radius 2 is 1.60 bits per heavy atom. The molecule has 0 spiro atoms. The molecule has 0 heterocycles. The summed E-state index contributed by atoms with van der Waals surface area (Å²) in [6, 6.07) is 0. The van der Waals surface area contributed by atoms with Gasteiger partial charge in [0.05, 0.1) is 6.61 Å². The summed E-state index contributed by atoms with van der Waals surface area (Å²) in [7, 11) is -2.86. The van der Waals surface area contributed by atoms with E-state index >= 15 is 0 Å². The van der Waals surface area contributed by atoms with Crippen molar-refractivity contribution in [3.05, 3.63) is 0 Å². The summed E-state index contributed by atoms with van der Waals surface area (Å²) in [6.07, 6.45) is 6.75. The summed E-state index contributed by atoms with van der Waals surface area (Å²) in [4.78, 5) is 5.00. The maximum absolute atomic E-state index is 12.5. The third-order valence-electron chi connectivity index (χ3n) is 4.75. The standard InChI is InChI=1S/C18H38O6S/c1-7-11-15-18(21-6,22-10-4)25(19,20)24-23-16-12-14-17(5,9-3)13-8-2/h7-16H2,1-6H3. The highest BCUT2D eigenvalue weighted by molar-refractivity contribution is 7.87. The van der Waals surface area contributed by atoms with E-state index in [9.17, 15) is 8.42 Å². The zero-order valence-corrected chi connectivity index (χ0v) is 17.7. The summed E-state index contributed by atoms with van der Waals surface area (Å²) >= 11 is 0. The predicted octanol–water partition coefficient (Wildman–Crippen LogP) is 4.79. The van der Waals surface area contributed by atoms with Crippen LogP contribution in [-0.2, 0) is 28.8 Å². The highest BCUT2D eigenvalue weighted by Gasteiger charge is 2.47. The Balaban J connectivity index is 4.62. The molecule has 0 radical (unpaired) electrons. The van der Waals surface area contributed by atoms with Crippen LogP contribution in [0.4, 0.5) is 0 Å². The molecule has 0 bridgehead atoms. The van der Waals surface area contributed by atoms with Crippen molar-refractivity contribution >= 4 is 10.1 Å². The van der Waals surface area contributed by atoms with E-state index in [0.717, 1.165) is 38.5 Å². The Labute approximate surface area is 154 Å². The second-order valence-electron chi connectivity index (χ2n) is 6.79. The van der Waals surface area contributed by atoms with Crippen LogP contribution in [0.15, 0.2) is 0 Å². The Kier molecular flexibility index (Phi) is 12.1. The van der Waals surface area contributed by atoms with Gasteiger partial charge in [-0.05, 0) is 38.0 Å². The second-order valence-corrected chi connectivity index (χ2v) is 8.45. The summed E-state index contributed by atoms with van der Waals surface area (Å²) in [6.45, 7) is 10.7. The molecule has 0 aliphatic heterocycles. The van der Waals surface area contributed by atoms with Crippen molar-refractivity contribution in [3.8, 4) is 0 Å². The van der Waals surface area contributed by atoms with Gasteiger partial charge in [-0.25, -0.2) is 4.89 Å². The number of rotatable bonds is 16. The third-order valence-corrected chi connectivity index (χ3v) is 6.27. The van der Waals surface area contributed by atoms with E-state index in [1.807, 2.05) is 6.92 Å². The first-order chi connectivity index (χ1) is 11.8. The summed E-state index contributed by atoms with van der Waals surface area (Å²) < 4.78 is 40.3. The maximum Gasteiger partial charge on any atom is 0.350 e. The lowest BCUT2D eigenvalue weighted by Crippen LogP contribution is -2.44. The van der Waals surface area contributed by atoms with Crippen LogP contribution >= 0.6 is 0 Å². The Morgan fingerprint density at radius 3 is 2.08 bits per heavy atom. The molecule has 0 saturated carbocycles. The molecule has 0 rings (SSSR count). The van der Waals surface area contributed by atoms with Gasteiger partial charge in [-0.15, -0.1) is 4.33 Å². The van der Waals surface area contributed by atoms with Crippen LogP contribution < -0.4 is 0 Å². The molecule has 0 saturated heterocycles. The average molecular weight is 383 g/mol. The molecule has 0 amide bonds. The molecule has 0 aliphatic carbocycles. The minimum absolute atomic E-state index is 0.198. The lowest BCUT2D eigenvalue weighted by Gasteiger charge is -2.30. The Hall–Kier alpha value is -0.210. The van der Waals surface area contributed by atoms with E-state index < -0.39 is 15.2 Å². The first-order valence-electron chi connectivity index (χ1n) is 9.51. The molecule has 2 atom stereocenters. The molecular weight excluding hydrogens is 344 g/mol. The highest BCUT2D eigenvalue weighted by Crippen LogP contribution is 2.33. The van der Waals surface area contributed by atoms with E-state index in [2.05, 4.69) is 20.8 Å². The average Bonchev–Trinajstić information content (AvgIpc) is 2.58. The normalized spacial score (nSPS) is 17.2. The van der Waals surface area contributed by atoms with Crippen LogP contribution in [0.5, 0.6) is 0 Å². The molecule has 152 valence electrons. The zero-order valence-electron chi connectivity index (χ0n) is 16.9. The lowest BCUT2D eigenvalue weighted by atomic mass is 9.79. The highest BCUT2D eigenvalue weighted by atomic mass is 32.2. The predicted molar refractivity (Wildman–Crippen MR) is 99.4 cm³/mol. The quantitative estimate of drug-likeness (QED) is 0.165. The minimum atomic E-state index is -4.17. The van der Waals surface area contributed by atoms with Crippen molar-refractivity contribution in [1.29, 1.82) is 0 Å². The minimum Gasteiger partial charge on any atom is -0.339 e. The van der Waals surface area contributed by atoms with Gasteiger partial charge in [-0.1, -0.05) is 47.0 Å². The first-order valence-corrected chi connectivity index (χ1v) is 10.9. The fourth-order valence-corrected chi connectivity index (χ4v) is 4.09. The molecule has 0 aromatic carbocycles. The third kappa shape index (κ3) is 7.91. The Morgan fingerprint density at radius 1 is 0.920 bits per heavy atom. The van der Waals surface area contributed by atoms with Crippen molar-refractivity contribution < 1.29 is 27.1 Å². The lowest BCUT2D eigenvalue weighted by molar-refractivity contribution is -0.230. The Bertz CT molecular complexity index is 439. The molecule has 0 aromatic heterocycles. The van der Waals surface area contributed by atoms with Crippen molar-refractivity contribution in [1.82, 2.24) is 0 Å². The zero-order chi connectivity index (χ0) is 19.4. The first kappa shape index (κ1) is 24.8. The van der Waals surface area contributed by atoms with Gasteiger partial charge in [-0.3, -0.25) is 0 Å². The van der Waals surface area contributed by atoms with Crippen LogP contribution in [0.1, 0.15) is 86.0 Å². The van der Waals surface area contributed by atoms with Gasteiger partial charge in [0, 0.05) is 20.1 Å². The van der Waals surface area contributed by atoms with Crippen LogP contribution in [0.25, 0.3) is 0 Å². The van der Waals surface area contributed by atoms with Crippen LogP contribution in [0.3, 0.4) is 0 Å². The smallest absolute Gasteiger partial charge is 0.339 e. The number of unbranched alkanes of at least 4 members (excludes halogenated alkanes) is 1. The molecular formula is C18H38O6S. The largest absolute Gasteiger partial charge is 0.350 e. The van der Waals surface area contributed by atoms with E-state index in [-0.39, 0.29) is 25.0 Å². The van der Waals surface area contributed by atoms with Crippen LogP contribution in [-0.4, -0.2) is 33.9 Å². The van der Waals surface area contributed by atoms with Crippen molar-refractivity contribution in [2.45, 2.75) is 91.1 Å². The molecule has 6 nitrogen and oxygen atoms in total. The summed E-state index contributed by atoms with van der Waals surface area (Å²) in [5.74, 6) is 0. The molecule has 0 fully saturated rings. The second kappa shape index (κ2) is 12.2. The van der Waals surface area contributed by atoms with Gasteiger partial charge in [0.2, 0.25) is 0 Å². The van der Waals surface area contributed by atoms with Crippen molar-refractivity contribution in [3.63, 3.8) is 0 Å². The monoisotopic (exact) mass is 382 g/mol. The summed E-state index contributed by atoms with van der Waals surface area (Å²) in [5, 5.41) is -1.81. The molecule has 2 unspecified atom stereocenters. The molecule has 0 aliphatic rings. The van der Waals surface area contributed by atoms with Gasteiger partial charge in [0.1, 0.15) is 0 Å². The number of hydrogen-bond donors (Lipinski definition) is 0. The van der Waals surface area contributed by atoms with E-state index in [1.165, 1.54) is 7.11 Å². The van der Waals surface area contributed by atoms with Crippen molar-refractivity contribution in [2.24, 2.45) is 5.41 Å². The number of hydrogen-bond acceptors (Lipinski definition) is 6. The van der Waals surface area contributed by atoms with Gasteiger partial charge in [-0.2, -0.15) is 8.42 Å². The fourth-order valence-electron chi connectivity index (χ4n) is 2.93. The fraction of sp³-hybridized carbons (Fsp3) is 1.00. The van der Waals surface area contributed by atoms with Gasteiger partial charge in [0.25, 0.3) is 0 Å². The SMILES string of the molecule is CCCCC(OC)(OCC)S(=O)(=O)OOCCCC(C)(CC)CCC. The molecule has 7 heteroatoms. The van der Waals surface area contributed by atoms with E-state index in [4.69, 9.17) is 18.7 Å². The maximum atomic E-state index is 12.5. The summed E-state index contributed by atoms with van der Waals surface area (Å²) in [5.41, 5.74) is 0.264. The van der Waals surface area contributed by atoms with Crippen molar-refractivity contribution in [2.75, 3.05) is 20.3 Å². The van der Waals surface area contributed by atoms with Gasteiger partial charge >= 0.3 is 15.2 Å². The molecule has 0 aromatic rings.